The summed E-state index contributed by atoms with van der Waals surface area (Å²) < 4.78 is 24.7. The Morgan fingerprint density at radius 2 is 1.07 bits per heavy atom. The molecule has 4 atom stereocenters. The van der Waals surface area contributed by atoms with E-state index in [0.29, 0.717) is 13.2 Å². The van der Waals surface area contributed by atoms with Crippen LogP contribution >= 0.6 is 0 Å². The minimum Gasteiger partial charge on any atom is -0.379 e. The topological polar surface area (TPSA) is 43.4 Å². The normalized spacial score (nSPS) is 23.6. The first-order valence-electron chi connectivity index (χ1n) is 15.5. The van der Waals surface area contributed by atoms with Crippen LogP contribution in [0.4, 0.5) is 0 Å². The molecule has 0 amide bonds. The Bertz CT molecular complexity index is 959. The lowest BCUT2D eigenvalue weighted by Crippen LogP contribution is -2.30. The largest absolute Gasteiger partial charge is 0.379 e. The third-order valence-electron chi connectivity index (χ3n) is 7.44. The maximum Gasteiger partial charge on any atom is 0.130 e. The van der Waals surface area contributed by atoms with E-state index in [0.717, 1.165) is 77.2 Å². The molecule has 224 valence electrons. The molecule has 0 aromatic heterocycles. The van der Waals surface area contributed by atoms with Crippen LogP contribution in [0.25, 0.3) is 12.2 Å². The third kappa shape index (κ3) is 11.7. The Balaban J connectivity index is 1.09. The fourth-order valence-corrected chi connectivity index (χ4v) is 5.57. The smallest absolute Gasteiger partial charge is 0.130 e. The summed E-state index contributed by atoms with van der Waals surface area (Å²) in [6.07, 6.45) is 12.9. The number of hydrogen-bond donors (Lipinski definition) is 0. The predicted molar refractivity (Wildman–Crippen MR) is 173 cm³/mol. The second-order valence-corrected chi connectivity index (χ2v) is 11.9. The molecule has 4 rings (SSSR count). The van der Waals surface area contributed by atoms with Crippen LogP contribution < -0.4 is 0 Å². The fraction of sp³-hybridized carbons (Fsp3) is 0.529. The van der Waals surface area contributed by atoms with Gasteiger partial charge in [0.2, 0.25) is 0 Å². The molecule has 2 heterocycles. The van der Waals surface area contributed by atoms with Crippen LogP contribution in [0.3, 0.4) is 0 Å². The first-order chi connectivity index (χ1) is 20.7. The van der Waals surface area contributed by atoms with Crippen molar-refractivity contribution in [1.82, 2.24) is 9.80 Å². The van der Waals surface area contributed by atoms with Crippen LogP contribution in [0, 0.1) is 0 Å². The van der Waals surface area contributed by atoms with Crippen LogP contribution in [0.15, 0.2) is 72.8 Å². The summed E-state index contributed by atoms with van der Waals surface area (Å²) in [5.41, 5.74) is 2.38. The van der Waals surface area contributed by atoms with Gasteiger partial charge in [0.15, 0.2) is 0 Å². The summed E-state index contributed by atoms with van der Waals surface area (Å²) in [5.74, 6) is 0. The number of nitrogens with zero attached hydrogens (tertiary/aromatic N) is 2. The lowest BCUT2D eigenvalue weighted by atomic mass is 10.2. The second-order valence-electron chi connectivity index (χ2n) is 10.9. The lowest BCUT2D eigenvalue weighted by Gasteiger charge is -2.19. The van der Waals surface area contributed by atoms with Crippen molar-refractivity contribution in [1.29, 1.82) is 0 Å². The molecule has 6 nitrogen and oxygen atoms in total. The van der Waals surface area contributed by atoms with Gasteiger partial charge in [0.25, 0.3) is 0 Å². The summed E-state index contributed by atoms with van der Waals surface area (Å²) in [7, 11) is 7.21. The van der Waals surface area contributed by atoms with E-state index in [9.17, 15) is 0 Å². The van der Waals surface area contributed by atoms with E-state index in [1.54, 1.807) is 0 Å². The van der Waals surface area contributed by atoms with Gasteiger partial charge in [0.05, 0.1) is 25.4 Å². The Kier molecular flexibility index (Phi) is 15.3. The molecule has 0 bridgehead atoms. The predicted octanol–water partition coefficient (Wildman–Crippen LogP) is 5.23. The minimum atomic E-state index is -0.00744. The van der Waals surface area contributed by atoms with E-state index in [-0.39, 0.29) is 24.7 Å². The molecule has 0 saturated carbocycles. The van der Waals surface area contributed by atoms with E-state index in [1.165, 1.54) is 11.1 Å². The Labute approximate surface area is 259 Å². The van der Waals surface area contributed by atoms with Gasteiger partial charge in [-0.05, 0) is 49.0 Å². The zero-order valence-corrected chi connectivity index (χ0v) is 26.8. The van der Waals surface area contributed by atoms with Gasteiger partial charge in [-0.1, -0.05) is 84.9 Å². The Morgan fingerprint density at radius 3 is 1.48 bits per heavy atom. The van der Waals surface area contributed by atoms with E-state index < -0.39 is 0 Å². The zero-order valence-electron chi connectivity index (χ0n) is 24.8. The molecule has 8 heteroatoms. The molecule has 2 aliphatic rings. The SMILES string of the molecule is [Si]CCCN1CC(COCCCCOCC2CN(CCC[Si])C(/C=C/c3ccccc3)O2)OC1/C=C/c1ccccc1. The van der Waals surface area contributed by atoms with Crippen molar-refractivity contribution in [2.75, 3.05) is 52.6 Å². The van der Waals surface area contributed by atoms with Gasteiger partial charge in [-0.2, -0.15) is 0 Å². The molecular formula is C34H46N2O4Si2. The van der Waals surface area contributed by atoms with Crippen LogP contribution in [-0.2, 0) is 18.9 Å². The van der Waals surface area contributed by atoms with Crippen molar-refractivity contribution in [3.63, 3.8) is 0 Å². The van der Waals surface area contributed by atoms with Gasteiger partial charge >= 0.3 is 0 Å². The number of hydrogen-bond acceptors (Lipinski definition) is 6. The number of rotatable bonds is 19. The summed E-state index contributed by atoms with van der Waals surface area (Å²) >= 11 is 0. The third-order valence-corrected chi connectivity index (χ3v) is 8.15. The zero-order chi connectivity index (χ0) is 29.2. The molecule has 2 aliphatic heterocycles. The molecule has 42 heavy (non-hydrogen) atoms. The van der Waals surface area contributed by atoms with Crippen LogP contribution in [-0.4, -0.2) is 108 Å². The summed E-state index contributed by atoms with van der Waals surface area (Å²) in [4.78, 5) is 4.80. The van der Waals surface area contributed by atoms with Crippen LogP contribution in [0.1, 0.15) is 36.8 Å². The van der Waals surface area contributed by atoms with Gasteiger partial charge in [0.1, 0.15) is 12.5 Å². The van der Waals surface area contributed by atoms with Crippen molar-refractivity contribution >= 4 is 32.6 Å². The van der Waals surface area contributed by atoms with Crippen molar-refractivity contribution in [3.05, 3.63) is 83.9 Å². The molecule has 4 unspecified atom stereocenters. The van der Waals surface area contributed by atoms with Gasteiger partial charge in [-0.15, -0.1) is 0 Å². The van der Waals surface area contributed by atoms with Gasteiger partial charge in [-0.3, -0.25) is 9.80 Å². The molecule has 2 fully saturated rings. The molecular weight excluding hydrogens is 557 g/mol. The molecule has 2 aromatic rings. The first kappa shape index (κ1) is 33.0. The highest BCUT2D eigenvalue weighted by Crippen LogP contribution is 2.21. The van der Waals surface area contributed by atoms with Crippen molar-refractivity contribution in [3.8, 4) is 0 Å². The van der Waals surface area contributed by atoms with Gasteiger partial charge in [0, 0.05) is 59.9 Å². The van der Waals surface area contributed by atoms with Gasteiger partial charge in [-0.25, -0.2) is 0 Å². The first-order valence-corrected chi connectivity index (χ1v) is 16.9. The fourth-order valence-electron chi connectivity index (χ4n) is 5.26. The van der Waals surface area contributed by atoms with E-state index in [2.05, 4.69) is 103 Å². The Hall–Kier alpha value is -1.89. The highest BCUT2D eigenvalue weighted by Gasteiger charge is 2.31. The van der Waals surface area contributed by atoms with Crippen LogP contribution in [0.2, 0.25) is 12.1 Å². The summed E-state index contributed by atoms with van der Waals surface area (Å²) in [6.45, 7) is 6.50. The quantitative estimate of drug-likeness (QED) is 0.162. The van der Waals surface area contributed by atoms with Crippen molar-refractivity contribution in [2.45, 2.75) is 62.4 Å². The standard InChI is InChI=1S/C34H46N2O4Si2/c41-23-9-19-35-25-31(39-33(35)17-15-29-11-3-1-4-12-29)27-37-21-7-8-22-38-28-32-26-36(20-10-24-42)34(40-32)18-16-30-13-5-2-6-14-30/h1-6,11-18,31-34H,7-10,19-28H2/b17-15+,18-16+. The molecule has 2 aromatic carbocycles. The number of ether oxygens (including phenoxy) is 4. The van der Waals surface area contributed by atoms with Crippen molar-refractivity contribution in [2.24, 2.45) is 0 Å². The highest BCUT2D eigenvalue weighted by atomic mass is 28.1. The maximum absolute atomic E-state index is 6.33. The molecule has 0 N–H and O–H groups in total. The molecule has 0 spiro atoms. The van der Waals surface area contributed by atoms with Crippen LogP contribution in [0.5, 0.6) is 0 Å². The summed E-state index contributed by atoms with van der Waals surface area (Å²) in [6, 6.07) is 22.7. The molecule has 6 radical (unpaired) electrons. The minimum absolute atomic E-state index is 0.00744. The number of benzene rings is 2. The van der Waals surface area contributed by atoms with Crippen molar-refractivity contribution < 1.29 is 18.9 Å². The highest BCUT2D eigenvalue weighted by molar-refractivity contribution is 6.08. The summed E-state index contributed by atoms with van der Waals surface area (Å²) in [5, 5.41) is 0. The average Bonchev–Trinajstić information content (AvgIpc) is 3.61. The lowest BCUT2D eigenvalue weighted by molar-refractivity contribution is -0.0190. The maximum atomic E-state index is 6.33. The Morgan fingerprint density at radius 1 is 0.643 bits per heavy atom. The van der Waals surface area contributed by atoms with Gasteiger partial charge < -0.3 is 18.9 Å². The molecule has 0 aliphatic carbocycles. The molecule has 2 saturated heterocycles. The van der Waals surface area contributed by atoms with E-state index in [4.69, 9.17) is 18.9 Å². The monoisotopic (exact) mass is 602 g/mol. The number of unbranched alkanes of at least 4 members (excludes halogenated alkanes) is 1. The van der Waals surface area contributed by atoms with E-state index in [1.807, 2.05) is 12.1 Å². The second kappa shape index (κ2) is 19.4. The van der Waals surface area contributed by atoms with E-state index >= 15 is 0 Å². The average molecular weight is 603 g/mol.